The molecule has 1 aliphatic carbocycles. The molecule has 1 N–H and O–H groups in total. The van der Waals surface area contributed by atoms with E-state index in [0.717, 1.165) is 22.4 Å². The molecular weight excluding hydrogens is 324 g/mol. The highest BCUT2D eigenvalue weighted by Crippen LogP contribution is 2.40. The number of hydrogen-bond acceptors (Lipinski definition) is 2. The van der Waals surface area contributed by atoms with E-state index in [1.54, 1.807) is 29.9 Å². The minimum absolute atomic E-state index is 0.0660. The van der Waals surface area contributed by atoms with Crippen LogP contribution >= 0.6 is 0 Å². The molecule has 0 aliphatic heterocycles. The van der Waals surface area contributed by atoms with Crippen LogP contribution in [0.25, 0.3) is 10.9 Å². The fraction of sp³-hybridized carbons (Fsp3) is 0.273. The summed E-state index contributed by atoms with van der Waals surface area (Å²) in [7, 11) is 0. The number of aromatic carboxylic acids is 1. The molecule has 2 aromatic carbocycles. The van der Waals surface area contributed by atoms with Crippen LogP contribution in [-0.2, 0) is 0 Å². The number of carbonyl (C=O) groups is 1. The predicted molar refractivity (Wildman–Crippen MR) is 101 cm³/mol. The fourth-order valence-electron chi connectivity index (χ4n) is 3.48. The molecule has 0 spiro atoms. The average Bonchev–Trinajstić information content (AvgIpc) is 3.40. The van der Waals surface area contributed by atoms with Gasteiger partial charge in [-0.3, -0.25) is 4.68 Å². The normalized spacial score (nSPS) is 14.7. The van der Waals surface area contributed by atoms with Gasteiger partial charge in [0.25, 0.3) is 0 Å². The van der Waals surface area contributed by atoms with Crippen molar-refractivity contribution in [1.29, 1.82) is 0 Å². The Labute approximate surface area is 152 Å². The van der Waals surface area contributed by atoms with E-state index >= 15 is 0 Å². The first-order valence-corrected chi connectivity index (χ1v) is 8.86. The maximum absolute atomic E-state index is 11.7. The van der Waals surface area contributed by atoms with Crippen molar-refractivity contribution < 1.29 is 9.90 Å². The van der Waals surface area contributed by atoms with Crippen molar-refractivity contribution in [2.24, 2.45) is 0 Å². The van der Waals surface area contributed by atoms with Crippen molar-refractivity contribution in [2.45, 2.75) is 38.6 Å². The van der Waals surface area contributed by atoms with Crippen LogP contribution in [0.4, 0.5) is 0 Å². The second kappa shape index (κ2) is 6.34. The number of fused-ring (bicyclic) bond motifs is 1. The summed E-state index contributed by atoms with van der Waals surface area (Å²) in [5.74, 6) is 5.69. The smallest absolute Gasteiger partial charge is 0.337 e. The lowest BCUT2D eigenvalue weighted by molar-refractivity contribution is 0.0698. The Morgan fingerprint density at radius 1 is 1.23 bits per heavy atom. The van der Waals surface area contributed by atoms with Gasteiger partial charge in [0.2, 0.25) is 0 Å². The Morgan fingerprint density at radius 3 is 2.58 bits per heavy atom. The van der Waals surface area contributed by atoms with Crippen molar-refractivity contribution in [2.75, 3.05) is 0 Å². The summed E-state index contributed by atoms with van der Waals surface area (Å²) >= 11 is 0. The SMILES string of the molecule is CC#Cc1ccc(C(=O)O)c2c1cnn2[C@@H](C)c1ccc(C2CC2)cc1. The van der Waals surface area contributed by atoms with Gasteiger partial charge in [-0.15, -0.1) is 5.92 Å². The number of carboxylic acids is 1. The number of carboxylic acid groups (broad SMARTS) is 1. The Balaban J connectivity index is 1.82. The van der Waals surface area contributed by atoms with Gasteiger partial charge < -0.3 is 5.11 Å². The molecule has 130 valence electrons. The molecule has 1 aliphatic rings. The number of aromatic nitrogens is 2. The van der Waals surface area contributed by atoms with Crippen LogP contribution in [0.3, 0.4) is 0 Å². The predicted octanol–water partition coefficient (Wildman–Crippen LogP) is 4.59. The van der Waals surface area contributed by atoms with Crippen LogP contribution in [0.5, 0.6) is 0 Å². The molecular formula is C22H20N2O2. The minimum Gasteiger partial charge on any atom is -0.478 e. The summed E-state index contributed by atoms with van der Waals surface area (Å²) in [6, 6.07) is 11.9. The van der Waals surface area contributed by atoms with Crippen LogP contribution < -0.4 is 0 Å². The molecule has 1 heterocycles. The summed E-state index contributed by atoms with van der Waals surface area (Å²) in [4.78, 5) is 11.7. The lowest BCUT2D eigenvalue weighted by atomic mass is 10.0. The highest BCUT2D eigenvalue weighted by molar-refractivity contribution is 6.03. The average molecular weight is 344 g/mol. The molecule has 4 nitrogen and oxygen atoms in total. The highest BCUT2D eigenvalue weighted by Gasteiger charge is 2.24. The first-order chi connectivity index (χ1) is 12.6. The van der Waals surface area contributed by atoms with Crippen LogP contribution in [0, 0.1) is 11.8 Å². The van der Waals surface area contributed by atoms with Gasteiger partial charge in [-0.1, -0.05) is 30.2 Å². The summed E-state index contributed by atoms with van der Waals surface area (Å²) in [5, 5.41) is 14.9. The number of benzene rings is 2. The lowest BCUT2D eigenvalue weighted by Crippen LogP contribution is -2.11. The number of rotatable bonds is 4. The molecule has 1 fully saturated rings. The Kier molecular flexibility index (Phi) is 4.00. The fourth-order valence-corrected chi connectivity index (χ4v) is 3.48. The zero-order valence-corrected chi connectivity index (χ0v) is 14.9. The second-order valence-corrected chi connectivity index (χ2v) is 6.81. The van der Waals surface area contributed by atoms with Crippen LogP contribution in [-0.4, -0.2) is 20.9 Å². The van der Waals surface area contributed by atoms with Gasteiger partial charge in [0, 0.05) is 10.9 Å². The second-order valence-electron chi connectivity index (χ2n) is 6.81. The molecule has 0 saturated heterocycles. The van der Waals surface area contributed by atoms with Gasteiger partial charge in [0.1, 0.15) is 0 Å². The zero-order valence-electron chi connectivity index (χ0n) is 14.9. The van der Waals surface area contributed by atoms with E-state index in [2.05, 4.69) is 41.2 Å². The molecule has 0 bridgehead atoms. The molecule has 3 aromatic rings. The van der Waals surface area contributed by atoms with E-state index in [9.17, 15) is 9.90 Å². The number of nitrogens with zero attached hydrogens (tertiary/aromatic N) is 2. The molecule has 1 aromatic heterocycles. The maximum atomic E-state index is 11.7. The Bertz CT molecular complexity index is 1050. The van der Waals surface area contributed by atoms with Gasteiger partial charge in [0.05, 0.1) is 23.3 Å². The van der Waals surface area contributed by atoms with Crippen molar-refractivity contribution in [1.82, 2.24) is 9.78 Å². The van der Waals surface area contributed by atoms with Gasteiger partial charge in [-0.2, -0.15) is 5.10 Å². The third-order valence-corrected chi connectivity index (χ3v) is 5.08. The Morgan fingerprint density at radius 2 is 1.96 bits per heavy atom. The van der Waals surface area contributed by atoms with E-state index in [1.165, 1.54) is 18.4 Å². The molecule has 1 atom stereocenters. The summed E-state index contributed by atoms with van der Waals surface area (Å²) in [6.45, 7) is 3.81. The van der Waals surface area contributed by atoms with Gasteiger partial charge in [0.15, 0.2) is 0 Å². The summed E-state index contributed by atoms with van der Waals surface area (Å²) in [5.41, 5.74) is 4.17. The topological polar surface area (TPSA) is 55.1 Å². The zero-order chi connectivity index (χ0) is 18.3. The van der Waals surface area contributed by atoms with Crippen molar-refractivity contribution >= 4 is 16.9 Å². The highest BCUT2D eigenvalue weighted by atomic mass is 16.4. The van der Waals surface area contributed by atoms with Crippen LogP contribution in [0.1, 0.15) is 65.7 Å². The quantitative estimate of drug-likeness (QED) is 0.704. The minimum atomic E-state index is -0.955. The van der Waals surface area contributed by atoms with E-state index in [1.807, 2.05) is 6.92 Å². The van der Waals surface area contributed by atoms with E-state index < -0.39 is 5.97 Å². The molecule has 0 amide bonds. The molecule has 4 rings (SSSR count). The maximum Gasteiger partial charge on any atom is 0.337 e. The molecule has 0 unspecified atom stereocenters. The molecule has 26 heavy (non-hydrogen) atoms. The van der Waals surface area contributed by atoms with Crippen molar-refractivity contribution in [3.8, 4) is 11.8 Å². The van der Waals surface area contributed by atoms with E-state index in [-0.39, 0.29) is 11.6 Å². The van der Waals surface area contributed by atoms with Gasteiger partial charge in [-0.05, 0) is 55.9 Å². The Hall–Kier alpha value is -3.06. The largest absolute Gasteiger partial charge is 0.478 e. The van der Waals surface area contributed by atoms with Gasteiger partial charge in [-0.25, -0.2) is 4.79 Å². The molecule has 0 radical (unpaired) electrons. The first-order valence-electron chi connectivity index (χ1n) is 8.86. The number of hydrogen-bond donors (Lipinski definition) is 1. The van der Waals surface area contributed by atoms with Crippen LogP contribution in [0.2, 0.25) is 0 Å². The summed E-state index contributed by atoms with van der Waals surface area (Å²) in [6.07, 6.45) is 4.28. The van der Waals surface area contributed by atoms with Crippen LogP contribution in [0.15, 0.2) is 42.6 Å². The van der Waals surface area contributed by atoms with Crippen molar-refractivity contribution in [3.63, 3.8) is 0 Å². The lowest BCUT2D eigenvalue weighted by Gasteiger charge is -2.16. The standard InChI is InChI=1S/C22H20N2O2/c1-3-4-18-11-12-19(22(25)26)21-20(18)13-23-24(21)14(2)15-5-7-16(8-6-15)17-9-10-17/h5-8,11-14,17H,9-10H2,1-2H3,(H,25,26)/t14-/m0/s1. The molecule has 1 saturated carbocycles. The summed E-state index contributed by atoms with van der Waals surface area (Å²) < 4.78 is 1.80. The van der Waals surface area contributed by atoms with E-state index in [4.69, 9.17) is 0 Å². The first kappa shape index (κ1) is 16.4. The monoisotopic (exact) mass is 344 g/mol. The van der Waals surface area contributed by atoms with E-state index in [0.29, 0.717) is 5.52 Å². The third-order valence-electron chi connectivity index (χ3n) is 5.08. The third kappa shape index (κ3) is 2.76. The van der Waals surface area contributed by atoms with Gasteiger partial charge >= 0.3 is 5.97 Å². The van der Waals surface area contributed by atoms with Crippen molar-refractivity contribution in [3.05, 3.63) is 64.8 Å². The molecule has 4 heteroatoms.